The highest BCUT2D eigenvalue weighted by atomic mass is 35.5. The Balaban J connectivity index is 0.000000695. The van der Waals surface area contributed by atoms with Crippen molar-refractivity contribution in [3.05, 3.63) is 64.5 Å². The van der Waals surface area contributed by atoms with Crippen LogP contribution >= 0.6 is 35.2 Å². The second kappa shape index (κ2) is 13.2. The minimum atomic E-state index is -0.875. The molecule has 40 heavy (non-hydrogen) atoms. The summed E-state index contributed by atoms with van der Waals surface area (Å²) in [5.41, 5.74) is 3.60. The van der Waals surface area contributed by atoms with Crippen molar-refractivity contribution in [3.63, 3.8) is 0 Å². The number of nitrogens with zero attached hydrogens (tertiary/aromatic N) is 5. The van der Waals surface area contributed by atoms with E-state index >= 15 is 0 Å². The molecule has 1 aromatic carbocycles. The molecule has 0 aliphatic carbocycles. The van der Waals surface area contributed by atoms with Crippen molar-refractivity contribution < 1.29 is 13.5 Å². The number of pyridine rings is 2. The summed E-state index contributed by atoms with van der Waals surface area (Å²) in [5.74, 6) is 1.63. The fourth-order valence-corrected chi connectivity index (χ4v) is 6.14. The Morgan fingerprint density at radius 3 is 2.40 bits per heavy atom. The molecule has 0 radical (unpaired) electrons. The summed E-state index contributed by atoms with van der Waals surface area (Å²) >= 11 is 13.2. The van der Waals surface area contributed by atoms with E-state index in [0.717, 1.165) is 66.2 Å². The summed E-state index contributed by atoms with van der Waals surface area (Å²) in [5, 5.41) is 9.47. The zero-order chi connectivity index (χ0) is 28.9. The van der Waals surface area contributed by atoms with Gasteiger partial charge >= 0.3 is 0 Å². The van der Waals surface area contributed by atoms with E-state index in [1.54, 1.807) is 24.9 Å². The Morgan fingerprint density at radius 2 is 1.80 bits per heavy atom. The molecule has 0 saturated carbocycles. The van der Waals surface area contributed by atoms with Gasteiger partial charge in [0.2, 0.25) is 0 Å². The van der Waals surface area contributed by atoms with E-state index < -0.39 is 11.0 Å². The number of hydrogen-bond donors (Lipinski definition) is 2. The van der Waals surface area contributed by atoms with Crippen molar-refractivity contribution in [2.75, 3.05) is 43.6 Å². The first-order valence-electron chi connectivity index (χ1n) is 12.0. The van der Waals surface area contributed by atoms with Crippen LogP contribution in [-0.2, 0) is 17.6 Å². The van der Waals surface area contributed by atoms with Crippen LogP contribution in [0.1, 0.15) is 5.56 Å². The normalized spacial score (nSPS) is 16.1. The average Bonchev–Trinajstić information content (AvgIpc) is 3.32. The Morgan fingerprint density at radius 1 is 1.12 bits per heavy atom. The van der Waals surface area contributed by atoms with Gasteiger partial charge < -0.3 is 14.2 Å². The Bertz CT molecular complexity index is 1480. The molecule has 4 aromatic rings. The Kier molecular flexibility index (Phi) is 9.94. The van der Waals surface area contributed by atoms with Crippen molar-refractivity contribution in [1.29, 1.82) is 0 Å². The summed E-state index contributed by atoms with van der Waals surface area (Å²) in [6, 6.07) is 9.84. The number of rotatable bonds is 6. The minimum Gasteiger partial charge on any atom is -0.489 e. The third-order valence-electron chi connectivity index (χ3n) is 6.65. The topological polar surface area (TPSA) is 107 Å². The standard InChI is InChI=1S/C24H22Cl2N6O2S.C2H2.CH4OS/c1-35(33)32-13-24(14-32)11-31(12-24)22-5-2-15(7-28-22)23-17-6-16(3-4-21(17)29-30-23)34-10-18-19(25)8-27-9-20(18)26;1-2;1-3-2/h2-9H,10-14H2,1H3,(H,29,30);1-2H;2H,1H3. The number of H-pyrrole nitrogens is 1. The van der Waals surface area contributed by atoms with Gasteiger partial charge in [0.05, 0.1) is 26.5 Å². The number of anilines is 1. The highest BCUT2D eigenvalue weighted by molar-refractivity contribution is 7.93. The molecule has 2 aliphatic rings. The number of ether oxygens (including phenoxy) is 1. The lowest BCUT2D eigenvalue weighted by atomic mass is 9.74. The van der Waals surface area contributed by atoms with Gasteiger partial charge in [-0.25, -0.2) is 13.5 Å². The van der Waals surface area contributed by atoms with Crippen molar-refractivity contribution in [2.45, 2.75) is 6.61 Å². The number of nitrogens with one attached hydrogen (secondary N) is 1. The maximum absolute atomic E-state index is 11.6. The Hall–Kier alpha value is -2.85. The molecular formula is C27H28Cl2N6O3S2. The first kappa shape index (κ1) is 30.1. The molecule has 1 unspecified atom stereocenters. The third-order valence-corrected chi connectivity index (χ3v) is 8.29. The molecule has 9 nitrogen and oxygen atoms in total. The quantitative estimate of drug-likeness (QED) is 0.219. The molecule has 5 heterocycles. The van der Waals surface area contributed by atoms with Crippen LogP contribution in [0.2, 0.25) is 10.0 Å². The van der Waals surface area contributed by atoms with Crippen LogP contribution in [0.3, 0.4) is 0 Å². The molecular weight excluding hydrogens is 591 g/mol. The van der Waals surface area contributed by atoms with E-state index in [9.17, 15) is 4.21 Å². The van der Waals surface area contributed by atoms with Gasteiger partial charge in [0, 0.05) is 79.2 Å². The SMILES string of the molecule is C#C.CS(=O)N1CC2(CN(c3ccc(-c4n[nH]c5ccc(OCc6c(Cl)cncc6Cl)cc45)cn3)C2)C1.CSO. The predicted molar refractivity (Wildman–Crippen MR) is 164 cm³/mol. The summed E-state index contributed by atoms with van der Waals surface area (Å²) in [6.07, 6.45) is 16.3. The molecule has 210 valence electrons. The zero-order valence-electron chi connectivity index (χ0n) is 21.9. The smallest absolute Gasteiger partial charge is 0.128 e. The predicted octanol–water partition coefficient (Wildman–Crippen LogP) is 5.39. The highest BCUT2D eigenvalue weighted by Crippen LogP contribution is 2.42. The van der Waals surface area contributed by atoms with E-state index in [1.165, 1.54) is 0 Å². The molecule has 2 saturated heterocycles. The second-order valence-corrected chi connectivity index (χ2v) is 11.9. The molecule has 13 heteroatoms. The van der Waals surface area contributed by atoms with Gasteiger partial charge in [0.15, 0.2) is 0 Å². The van der Waals surface area contributed by atoms with Crippen LogP contribution in [-0.4, -0.2) is 71.9 Å². The maximum Gasteiger partial charge on any atom is 0.128 e. The lowest BCUT2D eigenvalue weighted by Crippen LogP contribution is -2.72. The van der Waals surface area contributed by atoms with Crippen molar-refractivity contribution >= 4 is 63.0 Å². The minimum absolute atomic E-state index is 0.235. The summed E-state index contributed by atoms with van der Waals surface area (Å²) in [7, 11) is -0.875. The van der Waals surface area contributed by atoms with E-state index in [2.05, 4.69) is 32.9 Å². The van der Waals surface area contributed by atoms with E-state index in [1.807, 2.05) is 40.8 Å². The average molecular weight is 620 g/mol. The number of aromatic nitrogens is 4. The van der Waals surface area contributed by atoms with Crippen LogP contribution in [0.5, 0.6) is 5.75 Å². The molecule has 2 aliphatic heterocycles. The molecule has 0 amide bonds. The fourth-order valence-electron chi connectivity index (χ4n) is 4.76. The summed E-state index contributed by atoms with van der Waals surface area (Å²) < 4.78 is 27.0. The van der Waals surface area contributed by atoms with Gasteiger partial charge in [-0.1, -0.05) is 23.2 Å². The van der Waals surface area contributed by atoms with Gasteiger partial charge in [-0.3, -0.25) is 10.1 Å². The lowest BCUT2D eigenvalue weighted by molar-refractivity contribution is 0.0434. The number of benzene rings is 1. The fraction of sp³-hybridized carbons (Fsp3) is 0.296. The second-order valence-electron chi connectivity index (χ2n) is 9.32. The summed E-state index contributed by atoms with van der Waals surface area (Å²) in [4.78, 5) is 10.9. The van der Waals surface area contributed by atoms with Gasteiger partial charge in [-0.05, 0) is 42.4 Å². The molecule has 3 aromatic heterocycles. The first-order chi connectivity index (χ1) is 19.3. The maximum atomic E-state index is 11.6. The molecule has 1 spiro atoms. The monoisotopic (exact) mass is 618 g/mol. The first-order valence-corrected chi connectivity index (χ1v) is 15.5. The number of terminal acetylenes is 1. The van der Waals surface area contributed by atoms with Gasteiger partial charge in [0.1, 0.15) is 23.9 Å². The third kappa shape index (κ3) is 6.38. The number of halogens is 2. The zero-order valence-corrected chi connectivity index (χ0v) is 25.0. The van der Waals surface area contributed by atoms with Crippen LogP contribution in [0.25, 0.3) is 22.2 Å². The van der Waals surface area contributed by atoms with Gasteiger partial charge in [0.25, 0.3) is 0 Å². The van der Waals surface area contributed by atoms with Crippen LogP contribution in [0, 0.1) is 18.3 Å². The molecule has 2 N–H and O–H groups in total. The van der Waals surface area contributed by atoms with Crippen LogP contribution < -0.4 is 9.64 Å². The number of aromatic amines is 1. The number of hydrogen-bond acceptors (Lipinski definition) is 8. The van der Waals surface area contributed by atoms with Crippen molar-refractivity contribution in [1.82, 2.24) is 24.5 Å². The van der Waals surface area contributed by atoms with E-state index in [4.69, 9.17) is 37.5 Å². The summed E-state index contributed by atoms with van der Waals surface area (Å²) in [6.45, 7) is 3.93. The van der Waals surface area contributed by atoms with E-state index in [-0.39, 0.29) is 12.0 Å². The molecule has 0 bridgehead atoms. The van der Waals surface area contributed by atoms with Crippen LogP contribution in [0.15, 0.2) is 48.9 Å². The van der Waals surface area contributed by atoms with Crippen LogP contribution in [0.4, 0.5) is 5.82 Å². The Labute approximate surface area is 250 Å². The van der Waals surface area contributed by atoms with Crippen molar-refractivity contribution in [3.8, 4) is 29.9 Å². The van der Waals surface area contributed by atoms with Crippen molar-refractivity contribution in [2.24, 2.45) is 5.41 Å². The largest absolute Gasteiger partial charge is 0.489 e. The lowest BCUT2D eigenvalue weighted by Gasteiger charge is -2.59. The molecule has 2 fully saturated rings. The van der Waals surface area contributed by atoms with E-state index in [0.29, 0.717) is 21.4 Å². The van der Waals surface area contributed by atoms with Gasteiger partial charge in [-0.2, -0.15) is 5.10 Å². The molecule has 1 atom stereocenters. The highest BCUT2D eigenvalue weighted by Gasteiger charge is 2.53. The van der Waals surface area contributed by atoms with Gasteiger partial charge in [-0.15, -0.1) is 12.8 Å². The molecule has 6 rings (SSSR count). The number of fused-ring (bicyclic) bond motifs is 1.